The Bertz CT molecular complexity index is 557. The van der Waals surface area contributed by atoms with Gasteiger partial charge in [-0.15, -0.1) is 0 Å². The SMILES string of the molecule is O=C(CN1CCCCCC1)NC1CCc2n[nH]c(=O)n2CC1. The number of carbonyl (C=O) groups excluding carboxylic acids is 1. The topological polar surface area (TPSA) is 83.0 Å². The second-order valence-corrected chi connectivity index (χ2v) is 6.38. The van der Waals surface area contributed by atoms with Gasteiger partial charge in [0, 0.05) is 19.0 Å². The molecule has 3 rings (SSSR count). The minimum Gasteiger partial charge on any atom is -0.352 e. The number of nitrogens with one attached hydrogen (secondary N) is 2. The Morgan fingerprint density at radius 2 is 1.95 bits per heavy atom. The fourth-order valence-electron chi connectivity index (χ4n) is 3.42. The molecule has 7 heteroatoms. The van der Waals surface area contributed by atoms with Gasteiger partial charge in [-0.2, -0.15) is 5.10 Å². The van der Waals surface area contributed by atoms with Gasteiger partial charge in [0.25, 0.3) is 0 Å². The van der Waals surface area contributed by atoms with Gasteiger partial charge in [-0.3, -0.25) is 14.3 Å². The number of H-pyrrole nitrogens is 1. The van der Waals surface area contributed by atoms with E-state index in [4.69, 9.17) is 0 Å². The Balaban J connectivity index is 1.49. The molecule has 1 saturated heterocycles. The number of amides is 1. The molecule has 1 fully saturated rings. The molecule has 22 heavy (non-hydrogen) atoms. The van der Waals surface area contributed by atoms with Crippen LogP contribution in [0.2, 0.25) is 0 Å². The Labute approximate surface area is 130 Å². The molecular weight excluding hydrogens is 282 g/mol. The third-order valence-corrected chi connectivity index (χ3v) is 4.69. The number of aryl methyl sites for hydroxylation is 1. The molecule has 1 unspecified atom stereocenters. The first-order valence-electron chi connectivity index (χ1n) is 8.38. The molecule has 1 aromatic heterocycles. The first-order valence-corrected chi connectivity index (χ1v) is 8.38. The maximum absolute atomic E-state index is 12.2. The van der Waals surface area contributed by atoms with Crippen molar-refractivity contribution in [3.05, 3.63) is 16.3 Å². The number of carbonyl (C=O) groups is 1. The van der Waals surface area contributed by atoms with E-state index in [1.165, 1.54) is 25.7 Å². The third kappa shape index (κ3) is 3.76. The summed E-state index contributed by atoms with van der Waals surface area (Å²) in [7, 11) is 0. The van der Waals surface area contributed by atoms with Crippen molar-refractivity contribution in [2.75, 3.05) is 19.6 Å². The van der Waals surface area contributed by atoms with Gasteiger partial charge in [0.15, 0.2) is 0 Å². The molecule has 0 radical (unpaired) electrons. The Morgan fingerprint density at radius 1 is 1.18 bits per heavy atom. The maximum Gasteiger partial charge on any atom is 0.343 e. The lowest BCUT2D eigenvalue weighted by Crippen LogP contribution is -2.42. The Morgan fingerprint density at radius 3 is 2.73 bits per heavy atom. The lowest BCUT2D eigenvalue weighted by Gasteiger charge is -2.22. The molecule has 1 atom stereocenters. The number of fused-ring (bicyclic) bond motifs is 1. The normalized spacial score (nSPS) is 23.4. The minimum atomic E-state index is -0.147. The predicted octanol–water partition coefficient (Wildman–Crippen LogP) is 0.269. The molecule has 0 bridgehead atoms. The van der Waals surface area contributed by atoms with Crippen LogP contribution in [-0.4, -0.2) is 51.2 Å². The zero-order chi connectivity index (χ0) is 15.4. The van der Waals surface area contributed by atoms with Crippen molar-refractivity contribution in [3.8, 4) is 0 Å². The van der Waals surface area contributed by atoms with Gasteiger partial charge in [-0.05, 0) is 38.8 Å². The molecule has 2 N–H and O–H groups in total. The average Bonchev–Trinajstić information content (AvgIpc) is 2.71. The van der Waals surface area contributed by atoms with Gasteiger partial charge in [0.1, 0.15) is 5.82 Å². The highest BCUT2D eigenvalue weighted by molar-refractivity contribution is 5.78. The number of aromatic nitrogens is 3. The molecule has 0 aliphatic carbocycles. The summed E-state index contributed by atoms with van der Waals surface area (Å²) in [6.07, 6.45) is 7.31. The molecule has 0 aromatic carbocycles. The molecule has 1 amide bonds. The summed E-state index contributed by atoms with van der Waals surface area (Å²) in [4.78, 5) is 26.1. The zero-order valence-corrected chi connectivity index (χ0v) is 13.0. The maximum atomic E-state index is 12.2. The highest BCUT2D eigenvalue weighted by Gasteiger charge is 2.21. The van der Waals surface area contributed by atoms with Crippen LogP contribution in [0.3, 0.4) is 0 Å². The first kappa shape index (κ1) is 15.3. The Kier molecular flexibility index (Phi) is 4.92. The van der Waals surface area contributed by atoms with Gasteiger partial charge in [-0.1, -0.05) is 12.8 Å². The fraction of sp³-hybridized carbons (Fsp3) is 0.800. The smallest absolute Gasteiger partial charge is 0.343 e. The fourth-order valence-corrected chi connectivity index (χ4v) is 3.42. The second kappa shape index (κ2) is 7.09. The van der Waals surface area contributed by atoms with Crippen LogP contribution < -0.4 is 11.0 Å². The van der Waals surface area contributed by atoms with E-state index in [1.54, 1.807) is 4.57 Å². The van der Waals surface area contributed by atoms with E-state index < -0.39 is 0 Å². The van der Waals surface area contributed by atoms with Gasteiger partial charge < -0.3 is 5.32 Å². The number of aromatic amines is 1. The van der Waals surface area contributed by atoms with Gasteiger partial charge >= 0.3 is 5.69 Å². The zero-order valence-electron chi connectivity index (χ0n) is 13.0. The van der Waals surface area contributed by atoms with Crippen molar-refractivity contribution in [1.29, 1.82) is 0 Å². The van der Waals surface area contributed by atoms with Gasteiger partial charge in [-0.25, -0.2) is 9.89 Å². The number of hydrogen-bond donors (Lipinski definition) is 2. The number of nitrogens with zero attached hydrogens (tertiary/aromatic N) is 3. The van der Waals surface area contributed by atoms with Gasteiger partial charge in [0.05, 0.1) is 6.54 Å². The van der Waals surface area contributed by atoms with E-state index in [0.717, 1.165) is 38.2 Å². The van der Waals surface area contributed by atoms with Crippen LogP contribution in [0.1, 0.15) is 44.3 Å². The van der Waals surface area contributed by atoms with Crippen molar-refractivity contribution >= 4 is 5.91 Å². The Hall–Kier alpha value is -1.63. The summed E-state index contributed by atoms with van der Waals surface area (Å²) in [5, 5.41) is 9.66. The highest BCUT2D eigenvalue weighted by atomic mass is 16.2. The first-order chi connectivity index (χ1) is 10.7. The predicted molar refractivity (Wildman–Crippen MR) is 82.6 cm³/mol. The summed E-state index contributed by atoms with van der Waals surface area (Å²) >= 11 is 0. The lowest BCUT2D eigenvalue weighted by atomic mass is 10.1. The van der Waals surface area contributed by atoms with Crippen molar-refractivity contribution in [2.45, 2.75) is 57.5 Å². The summed E-state index contributed by atoms with van der Waals surface area (Å²) in [5.41, 5.74) is -0.147. The van der Waals surface area contributed by atoms with Crippen LogP contribution in [0.25, 0.3) is 0 Å². The van der Waals surface area contributed by atoms with Gasteiger partial charge in [0.2, 0.25) is 5.91 Å². The largest absolute Gasteiger partial charge is 0.352 e. The van der Waals surface area contributed by atoms with Crippen molar-refractivity contribution in [3.63, 3.8) is 0 Å². The molecule has 0 spiro atoms. The third-order valence-electron chi connectivity index (χ3n) is 4.69. The van der Waals surface area contributed by atoms with E-state index in [9.17, 15) is 9.59 Å². The average molecular weight is 307 g/mol. The van der Waals surface area contributed by atoms with Crippen LogP contribution in [0, 0.1) is 0 Å². The summed E-state index contributed by atoms with van der Waals surface area (Å²) in [6, 6.07) is 0.139. The molecule has 1 aromatic rings. The molecule has 7 nitrogen and oxygen atoms in total. The monoisotopic (exact) mass is 307 g/mol. The van der Waals surface area contributed by atoms with E-state index in [1.807, 2.05) is 0 Å². The molecule has 2 aliphatic heterocycles. The van der Waals surface area contributed by atoms with Crippen molar-refractivity contribution in [1.82, 2.24) is 25.0 Å². The summed E-state index contributed by atoms with van der Waals surface area (Å²) in [5.74, 6) is 0.912. The van der Waals surface area contributed by atoms with E-state index >= 15 is 0 Å². The molecular formula is C15H25N5O2. The lowest BCUT2D eigenvalue weighted by molar-refractivity contribution is -0.123. The van der Waals surface area contributed by atoms with Crippen LogP contribution in [0.4, 0.5) is 0 Å². The van der Waals surface area contributed by atoms with Crippen LogP contribution >= 0.6 is 0 Å². The molecule has 0 saturated carbocycles. The molecule has 122 valence electrons. The van der Waals surface area contributed by atoms with Crippen molar-refractivity contribution < 1.29 is 4.79 Å². The van der Waals surface area contributed by atoms with Crippen molar-refractivity contribution in [2.24, 2.45) is 0 Å². The highest BCUT2D eigenvalue weighted by Crippen LogP contribution is 2.12. The molecule has 2 aliphatic rings. The second-order valence-electron chi connectivity index (χ2n) is 6.38. The van der Waals surface area contributed by atoms with E-state index in [-0.39, 0.29) is 17.6 Å². The van der Waals surface area contributed by atoms with E-state index in [0.29, 0.717) is 13.1 Å². The summed E-state index contributed by atoms with van der Waals surface area (Å²) in [6.45, 7) is 3.19. The number of rotatable bonds is 3. The van der Waals surface area contributed by atoms with E-state index in [2.05, 4.69) is 20.4 Å². The number of likely N-dealkylation sites (tertiary alicyclic amines) is 1. The van der Waals surface area contributed by atoms with Crippen LogP contribution in [0.15, 0.2) is 4.79 Å². The standard InChI is InChI=1S/C15H25N5O2/c21-14(11-19-8-3-1-2-4-9-19)16-12-5-6-13-17-18-15(22)20(13)10-7-12/h12H,1-11H2,(H,16,21)(H,18,22). The quantitative estimate of drug-likeness (QED) is 0.839. The van der Waals surface area contributed by atoms with Crippen LogP contribution in [0.5, 0.6) is 0 Å². The number of hydrogen-bond acceptors (Lipinski definition) is 4. The van der Waals surface area contributed by atoms with Crippen LogP contribution in [-0.2, 0) is 17.8 Å². The molecule has 3 heterocycles. The summed E-state index contributed by atoms with van der Waals surface area (Å²) < 4.78 is 1.68. The minimum absolute atomic E-state index is 0.111.